The zero-order valence-corrected chi connectivity index (χ0v) is 12.8. The van der Waals surface area contributed by atoms with E-state index in [1.807, 2.05) is 30.3 Å². The summed E-state index contributed by atoms with van der Waals surface area (Å²) in [7, 11) is 0. The van der Waals surface area contributed by atoms with E-state index in [4.69, 9.17) is 10.5 Å². The molecule has 2 N–H and O–H groups in total. The van der Waals surface area contributed by atoms with Crippen molar-refractivity contribution in [1.29, 1.82) is 0 Å². The highest BCUT2D eigenvalue weighted by Crippen LogP contribution is 2.17. The first-order chi connectivity index (χ1) is 10.8. The van der Waals surface area contributed by atoms with Crippen LogP contribution in [0.25, 0.3) is 11.0 Å². The summed E-state index contributed by atoms with van der Waals surface area (Å²) >= 11 is 0. The number of ether oxygens (including phenoxy) is 1. The smallest absolute Gasteiger partial charge is 0.123 e. The van der Waals surface area contributed by atoms with Crippen molar-refractivity contribution in [3.8, 4) is 5.75 Å². The van der Waals surface area contributed by atoms with E-state index in [2.05, 4.69) is 34.7 Å². The molecule has 0 fully saturated rings. The van der Waals surface area contributed by atoms with Gasteiger partial charge in [0.2, 0.25) is 0 Å². The van der Waals surface area contributed by atoms with E-state index in [1.165, 1.54) is 5.56 Å². The average Bonchev–Trinajstić information content (AvgIpc) is 2.91. The highest BCUT2D eigenvalue weighted by Gasteiger charge is 2.08. The maximum Gasteiger partial charge on any atom is 0.123 e. The van der Waals surface area contributed by atoms with Gasteiger partial charge in [-0.05, 0) is 37.6 Å². The van der Waals surface area contributed by atoms with Crippen molar-refractivity contribution in [1.82, 2.24) is 9.55 Å². The van der Waals surface area contributed by atoms with E-state index >= 15 is 0 Å². The van der Waals surface area contributed by atoms with Gasteiger partial charge >= 0.3 is 0 Å². The molecule has 0 spiro atoms. The average molecular weight is 295 g/mol. The monoisotopic (exact) mass is 295 g/mol. The molecule has 4 nitrogen and oxygen atoms in total. The van der Waals surface area contributed by atoms with Crippen LogP contribution in [0.5, 0.6) is 5.75 Å². The number of benzene rings is 2. The van der Waals surface area contributed by atoms with E-state index in [1.54, 1.807) is 0 Å². The number of fused-ring (bicyclic) bond motifs is 1. The van der Waals surface area contributed by atoms with Crippen LogP contribution in [0.1, 0.15) is 17.8 Å². The van der Waals surface area contributed by atoms with Gasteiger partial charge in [-0.15, -0.1) is 0 Å². The van der Waals surface area contributed by atoms with Crippen molar-refractivity contribution in [2.45, 2.75) is 26.4 Å². The Morgan fingerprint density at radius 1 is 1.09 bits per heavy atom. The second-order valence-corrected chi connectivity index (χ2v) is 5.39. The molecular weight excluding hydrogens is 274 g/mol. The predicted molar refractivity (Wildman–Crippen MR) is 88.9 cm³/mol. The van der Waals surface area contributed by atoms with Crippen LogP contribution in [0, 0.1) is 6.92 Å². The van der Waals surface area contributed by atoms with Gasteiger partial charge in [0.05, 0.1) is 24.2 Å². The molecule has 114 valence electrons. The molecule has 0 bridgehead atoms. The van der Waals surface area contributed by atoms with Crippen LogP contribution in [0.3, 0.4) is 0 Å². The van der Waals surface area contributed by atoms with Crippen LogP contribution in [0.4, 0.5) is 0 Å². The minimum absolute atomic E-state index is 0.452. The number of nitrogens with zero attached hydrogens (tertiary/aromatic N) is 2. The summed E-state index contributed by atoms with van der Waals surface area (Å²) in [6.45, 7) is 4.06. The van der Waals surface area contributed by atoms with Crippen LogP contribution in [0.15, 0.2) is 48.5 Å². The van der Waals surface area contributed by atoms with Gasteiger partial charge in [-0.1, -0.05) is 29.8 Å². The quantitative estimate of drug-likeness (QED) is 0.710. The largest absolute Gasteiger partial charge is 0.494 e. The van der Waals surface area contributed by atoms with E-state index in [0.29, 0.717) is 13.2 Å². The Bertz CT molecular complexity index is 747. The van der Waals surface area contributed by atoms with Gasteiger partial charge in [0, 0.05) is 6.54 Å². The van der Waals surface area contributed by atoms with Crippen LogP contribution in [-0.4, -0.2) is 16.2 Å². The standard InChI is InChI=1S/C18H21N3O/c1-14-7-9-15(10-8-14)22-12-4-11-21-17-6-3-2-5-16(17)20-18(21)13-19/h2-3,5-10H,4,11-13,19H2,1H3. The maximum absolute atomic E-state index is 5.81. The summed E-state index contributed by atoms with van der Waals surface area (Å²) in [5, 5.41) is 0. The van der Waals surface area contributed by atoms with Gasteiger partial charge in [0.15, 0.2) is 0 Å². The molecule has 3 aromatic rings. The Morgan fingerprint density at radius 2 is 1.86 bits per heavy atom. The Hall–Kier alpha value is -2.33. The van der Waals surface area contributed by atoms with Crippen molar-refractivity contribution in [2.24, 2.45) is 5.73 Å². The molecule has 0 amide bonds. The van der Waals surface area contributed by atoms with Gasteiger partial charge in [0.25, 0.3) is 0 Å². The summed E-state index contributed by atoms with van der Waals surface area (Å²) in [6.07, 6.45) is 0.918. The fraction of sp³-hybridized carbons (Fsp3) is 0.278. The second kappa shape index (κ2) is 6.62. The molecule has 2 aromatic carbocycles. The van der Waals surface area contributed by atoms with Gasteiger partial charge in [-0.3, -0.25) is 0 Å². The highest BCUT2D eigenvalue weighted by atomic mass is 16.5. The molecule has 1 aromatic heterocycles. The van der Waals surface area contributed by atoms with Crippen molar-refractivity contribution in [3.63, 3.8) is 0 Å². The first-order valence-corrected chi connectivity index (χ1v) is 7.61. The minimum atomic E-state index is 0.452. The normalized spacial score (nSPS) is 11.0. The van der Waals surface area contributed by atoms with Gasteiger partial charge in [0.1, 0.15) is 11.6 Å². The van der Waals surface area contributed by atoms with Crippen molar-refractivity contribution < 1.29 is 4.74 Å². The molecule has 0 aliphatic rings. The lowest BCUT2D eigenvalue weighted by Crippen LogP contribution is -2.10. The lowest BCUT2D eigenvalue weighted by Gasteiger charge is -2.09. The molecule has 3 rings (SSSR count). The molecular formula is C18H21N3O. The van der Waals surface area contributed by atoms with E-state index < -0.39 is 0 Å². The number of para-hydroxylation sites is 2. The third-order valence-corrected chi connectivity index (χ3v) is 3.73. The van der Waals surface area contributed by atoms with Gasteiger partial charge < -0.3 is 15.0 Å². The van der Waals surface area contributed by atoms with Crippen molar-refractivity contribution in [2.75, 3.05) is 6.61 Å². The first-order valence-electron chi connectivity index (χ1n) is 7.61. The van der Waals surface area contributed by atoms with E-state index in [0.717, 1.165) is 35.6 Å². The van der Waals surface area contributed by atoms with Crippen LogP contribution < -0.4 is 10.5 Å². The molecule has 0 radical (unpaired) electrons. The fourth-order valence-electron chi connectivity index (χ4n) is 2.58. The number of imidazole rings is 1. The summed E-state index contributed by atoms with van der Waals surface area (Å²) in [5.41, 5.74) is 9.19. The molecule has 22 heavy (non-hydrogen) atoms. The van der Waals surface area contributed by atoms with Gasteiger partial charge in [-0.2, -0.15) is 0 Å². The molecule has 1 heterocycles. The topological polar surface area (TPSA) is 53.1 Å². The summed E-state index contributed by atoms with van der Waals surface area (Å²) in [5.74, 6) is 1.84. The number of hydrogen-bond acceptors (Lipinski definition) is 3. The predicted octanol–water partition coefficient (Wildman–Crippen LogP) is 3.27. The Morgan fingerprint density at radius 3 is 2.64 bits per heavy atom. The lowest BCUT2D eigenvalue weighted by molar-refractivity contribution is 0.301. The van der Waals surface area contributed by atoms with Crippen molar-refractivity contribution >= 4 is 11.0 Å². The molecule has 0 aliphatic carbocycles. The van der Waals surface area contributed by atoms with E-state index in [-0.39, 0.29) is 0 Å². The summed E-state index contributed by atoms with van der Waals surface area (Å²) in [4.78, 5) is 4.57. The van der Waals surface area contributed by atoms with E-state index in [9.17, 15) is 0 Å². The zero-order valence-electron chi connectivity index (χ0n) is 12.8. The first kappa shape index (κ1) is 14.6. The van der Waals surface area contributed by atoms with Gasteiger partial charge in [-0.25, -0.2) is 4.98 Å². The van der Waals surface area contributed by atoms with Crippen LogP contribution >= 0.6 is 0 Å². The third kappa shape index (κ3) is 3.12. The molecule has 0 atom stereocenters. The number of nitrogens with two attached hydrogens (primary N) is 1. The third-order valence-electron chi connectivity index (χ3n) is 3.73. The number of hydrogen-bond donors (Lipinski definition) is 1. The molecule has 0 saturated heterocycles. The second-order valence-electron chi connectivity index (χ2n) is 5.39. The number of aryl methyl sites for hydroxylation is 2. The fourth-order valence-corrected chi connectivity index (χ4v) is 2.58. The number of rotatable bonds is 6. The van der Waals surface area contributed by atoms with Crippen molar-refractivity contribution in [3.05, 3.63) is 59.9 Å². The summed E-state index contributed by atoms with van der Waals surface area (Å²) in [6, 6.07) is 16.3. The number of aromatic nitrogens is 2. The zero-order chi connectivity index (χ0) is 15.4. The Labute approximate surface area is 130 Å². The molecule has 0 unspecified atom stereocenters. The Balaban J connectivity index is 1.63. The maximum atomic E-state index is 5.81. The SMILES string of the molecule is Cc1ccc(OCCCn2c(CN)nc3ccccc32)cc1. The van der Waals surface area contributed by atoms with Crippen LogP contribution in [-0.2, 0) is 13.1 Å². The Kier molecular flexibility index (Phi) is 4.39. The minimum Gasteiger partial charge on any atom is -0.494 e. The molecule has 0 saturated carbocycles. The summed E-state index contributed by atoms with van der Waals surface area (Å²) < 4.78 is 7.97. The molecule has 4 heteroatoms. The highest BCUT2D eigenvalue weighted by molar-refractivity contribution is 5.75. The molecule has 0 aliphatic heterocycles. The van der Waals surface area contributed by atoms with Crippen LogP contribution in [0.2, 0.25) is 0 Å². The lowest BCUT2D eigenvalue weighted by atomic mass is 10.2.